The van der Waals surface area contributed by atoms with Crippen LogP contribution in [0.5, 0.6) is 0 Å². The van der Waals surface area contributed by atoms with E-state index in [0.29, 0.717) is 22.1 Å². The van der Waals surface area contributed by atoms with Gasteiger partial charge in [0, 0.05) is 27.6 Å². The number of thioether (sulfide) groups is 1. The number of carbonyl (C=O) groups excluding carboxylic acids is 3. The minimum atomic E-state index is -0.510. The van der Waals surface area contributed by atoms with Crippen LogP contribution in [0.25, 0.3) is 16.6 Å². The summed E-state index contributed by atoms with van der Waals surface area (Å²) in [4.78, 5) is 45.0. The summed E-state index contributed by atoms with van der Waals surface area (Å²) in [5.41, 5.74) is 1.82. The van der Waals surface area contributed by atoms with E-state index in [0.717, 1.165) is 15.5 Å². The van der Waals surface area contributed by atoms with Gasteiger partial charge in [0.1, 0.15) is 11.5 Å². The van der Waals surface area contributed by atoms with Crippen LogP contribution in [0.15, 0.2) is 111 Å². The average molecular weight is 601 g/mol. The van der Waals surface area contributed by atoms with E-state index in [1.807, 2.05) is 41.9 Å². The zero-order chi connectivity index (χ0) is 28.6. The van der Waals surface area contributed by atoms with E-state index in [9.17, 15) is 14.4 Å². The third kappa shape index (κ3) is 7.60. The van der Waals surface area contributed by atoms with Crippen LogP contribution in [0.1, 0.15) is 23.0 Å². The summed E-state index contributed by atoms with van der Waals surface area (Å²) in [5, 5.41) is 12.5. The molecule has 0 saturated carbocycles. The van der Waals surface area contributed by atoms with Crippen LogP contribution >= 0.6 is 34.4 Å². The van der Waals surface area contributed by atoms with Crippen LogP contribution < -0.4 is 16.0 Å². The third-order valence-electron chi connectivity index (χ3n) is 5.66. The van der Waals surface area contributed by atoms with Crippen molar-refractivity contribution in [2.75, 3.05) is 10.6 Å². The van der Waals surface area contributed by atoms with Gasteiger partial charge in [0.2, 0.25) is 5.91 Å². The van der Waals surface area contributed by atoms with Crippen LogP contribution in [0, 0.1) is 0 Å². The molecule has 5 aromatic rings. The maximum Gasteiger partial charge on any atom is 0.272 e. The van der Waals surface area contributed by atoms with Crippen molar-refractivity contribution in [1.29, 1.82) is 0 Å². The number of nitrogens with zero attached hydrogens (tertiary/aromatic N) is 1. The van der Waals surface area contributed by atoms with Gasteiger partial charge >= 0.3 is 0 Å². The molecule has 8 nitrogen and oxygen atoms in total. The Morgan fingerprint density at radius 3 is 2.44 bits per heavy atom. The quantitative estimate of drug-likeness (QED) is 0.118. The van der Waals surface area contributed by atoms with E-state index in [1.165, 1.54) is 35.4 Å². The fourth-order valence-corrected chi connectivity index (χ4v) is 5.95. The summed E-state index contributed by atoms with van der Waals surface area (Å²) < 4.78 is 5.33. The molecule has 11 heteroatoms. The van der Waals surface area contributed by atoms with Crippen molar-refractivity contribution in [2.45, 2.75) is 17.1 Å². The maximum atomic E-state index is 13.1. The standard InChI is InChI=1S/C30H24N4O4S3/c1-19(27(35)34-30-33-25(18-40-30)26-10-6-16-39-26)41-23-13-11-21(12-14-23)31-29(37)24(17-22-9-5-15-38-22)32-28(36)20-7-3-2-4-8-20/h2-19H,1H3,(H,31,37)(H,32,36)(H,33,34,35)/b24-17-. The predicted molar refractivity (Wildman–Crippen MR) is 165 cm³/mol. The Morgan fingerprint density at radius 1 is 0.927 bits per heavy atom. The second-order valence-corrected chi connectivity index (χ2v) is 11.9. The van der Waals surface area contributed by atoms with E-state index < -0.39 is 11.8 Å². The van der Waals surface area contributed by atoms with Gasteiger partial charge in [-0.15, -0.1) is 34.4 Å². The first-order chi connectivity index (χ1) is 19.9. The van der Waals surface area contributed by atoms with Crippen molar-refractivity contribution >= 4 is 69.1 Å². The van der Waals surface area contributed by atoms with Gasteiger partial charge in [0.15, 0.2) is 5.13 Å². The molecule has 1 atom stereocenters. The van der Waals surface area contributed by atoms with Gasteiger partial charge in [-0.1, -0.05) is 24.3 Å². The first kappa shape index (κ1) is 28.1. The number of thiazole rings is 1. The number of anilines is 2. The lowest BCUT2D eigenvalue weighted by Gasteiger charge is -2.13. The van der Waals surface area contributed by atoms with Crippen molar-refractivity contribution in [3.05, 3.63) is 113 Å². The molecule has 3 heterocycles. The van der Waals surface area contributed by atoms with E-state index in [2.05, 4.69) is 20.9 Å². The summed E-state index contributed by atoms with van der Waals surface area (Å²) in [5.74, 6) is -0.661. The Kier molecular flexibility index (Phi) is 9.09. The Hall–Kier alpha value is -4.45. The third-order valence-corrected chi connectivity index (χ3v) is 8.42. The lowest BCUT2D eigenvalue weighted by molar-refractivity contribution is -0.115. The molecule has 3 N–H and O–H groups in total. The number of carbonyl (C=O) groups is 3. The van der Waals surface area contributed by atoms with Crippen LogP contribution in [0.3, 0.4) is 0 Å². The van der Waals surface area contributed by atoms with Gasteiger partial charge in [0.25, 0.3) is 11.8 Å². The molecule has 3 amide bonds. The van der Waals surface area contributed by atoms with Crippen LogP contribution in [0.4, 0.5) is 10.8 Å². The predicted octanol–water partition coefficient (Wildman–Crippen LogP) is 6.99. The summed E-state index contributed by atoms with van der Waals surface area (Å²) in [6.07, 6.45) is 2.95. The van der Waals surface area contributed by atoms with Gasteiger partial charge in [-0.3, -0.25) is 14.4 Å². The Balaban J connectivity index is 1.19. The Labute approximate surface area is 248 Å². The average Bonchev–Trinajstić information content (AvgIpc) is 3.78. The number of nitrogens with one attached hydrogen (secondary N) is 3. The normalized spacial score (nSPS) is 12.0. The molecule has 0 fully saturated rings. The first-order valence-electron chi connectivity index (χ1n) is 12.4. The van der Waals surface area contributed by atoms with Crippen molar-refractivity contribution in [3.63, 3.8) is 0 Å². The molecule has 0 saturated heterocycles. The molecule has 2 aromatic carbocycles. The molecule has 0 spiro atoms. The minimum absolute atomic E-state index is 0.0296. The molecule has 0 aliphatic heterocycles. The number of thiophene rings is 1. The van der Waals surface area contributed by atoms with Crippen molar-refractivity contribution in [3.8, 4) is 10.6 Å². The lowest BCUT2D eigenvalue weighted by atomic mass is 10.2. The molecule has 0 aliphatic rings. The molecule has 0 aliphatic carbocycles. The highest BCUT2D eigenvalue weighted by Crippen LogP contribution is 2.30. The lowest BCUT2D eigenvalue weighted by Crippen LogP contribution is -2.30. The highest BCUT2D eigenvalue weighted by atomic mass is 32.2. The van der Waals surface area contributed by atoms with Crippen molar-refractivity contribution in [1.82, 2.24) is 10.3 Å². The minimum Gasteiger partial charge on any atom is -0.465 e. The summed E-state index contributed by atoms with van der Waals surface area (Å²) in [6, 6.07) is 23.1. The first-order valence-corrected chi connectivity index (χ1v) is 15.1. The molecule has 206 valence electrons. The van der Waals surface area contributed by atoms with Gasteiger partial charge in [-0.2, -0.15) is 0 Å². The second kappa shape index (κ2) is 13.3. The second-order valence-electron chi connectivity index (χ2n) is 8.64. The van der Waals surface area contributed by atoms with Gasteiger partial charge < -0.3 is 20.4 Å². The molecule has 41 heavy (non-hydrogen) atoms. The zero-order valence-corrected chi connectivity index (χ0v) is 24.1. The molecular formula is C30H24N4O4S3. The largest absolute Gasteiger partial charge is 0.465 e. The molecule has 5 rings (SSSR count). The van der Waals surface area contributed by atoms with E-state index >= 15 is 0 Å². The smallest absolute Gasteiger partial charge is 0.272 e. The fourth-order valence-electron chi connectivity index (χ4n) is 3.61. The van der Waals surface area contributed by atoms with Gasteiger partial charge in [-0.25, -0.2) is 4.98 Å². The number of aromatic nitrogens is 1. The van der Waals surface area contributed by atoms with Crippen molar-refractivity contribution in [2.24, 2.45) is 0 Å². The molecular weight excluding hydrogens is 577 g/mol. The summed E-state index contributed by atoms with van der Waals surface area (Å²) in [6.45, 7) is 1.82. The topological polar surface area (TPSA) is 113 Å². The van der Waals surface area contributed by atoms with E-state index in [1.54, 1.807) is 65.9 Å². The van der Waals surface area contributed by atoms with Crippen LogP contribution in [-0.2, 0) is 9.59 Å². The number of rotatable bonds is 10. The highest BCUT2D eigenvalue weighted by molar-refractivity contribution is 8.00. The Morgan fingerprint density at radius 2 is 1.73 bits per heavy atom. The zero-order valence-electron chi connectivity index (χ0n) is 21.7. The fraction of sp³-hybridized carbons (Fsp3) is 0.0667. The molecule has 1 unspecified atom stereocenters. The maximum absolute atomic E-state index is 13.1. The van der Waals surface area contributed by atoms with E-state index in [-0.39, 0.29) is 16.9 Å². The number of hydrogen-bond donors (Lipinski definition) is 3. The summed E-state index contributed by atoms with van der Waals surface area (Å²) >= 11 is 4.38. The highest BCUT2D eigenvalue weighted by Gasteiger charge is 2.18. The number of amides is 3. The number of hydrogen-bond acceptors (Lipinski definition) is 8. The number of benzene rings is 2. The molecule has 0 radical (unpaired) electrons. The van der Waals surface area contributed by atoms with Crippen LogP contribution in [0.2, 0.25) is 0 Å². The summed E-state index contributed by atoms with van der Waals surface area (Å²) in [7, 11) is 0. The monoisotopic (exact) mass is 600 g/mol. The van der Waals surface area contributed by atoms with Gasteiger partial charge in [0.05, 0.1) is 22.1 Å². The van der Waals surface area contributed by atoms with Crippen molar-refractivity contribution < 1.29 is 18.8 Å². The molecule has 3 aromatic heterocycles. The Bertz CT molecular complexity index is 1650. The SMILES string of the molecule is CC(Sc1ccc(NC(=O)/C(=C/c2ccco2)NC(=O)c2ccccc2)cc1)C(=O)Nc1nc(-c2cccs2)cs1. The molecule has 0 bridgehead atoms. The van der Waals surface area contributed by atoms with Gasteiger partial charge in [-0.05, 0) is 66.9 Å². The van der Waals surface area contributed by atoms with E-state index in [4.69, 9.17) is 4.42 Å². The number of furan rings is 1. The van der Waals surface area contributed by atoms with Crippen LogP contribution in [-0.4, -0.2) is 28.0 Å².